The highest BCUT2D eigenvalue weighted by atomic mass is 35.5. The van der Waals surface area contributed by atoms with E-state index >= 15 is 0 Å². The number of piperidine rings is 1. The number of halogens is 4. The molecule has 0 N–H and O–H groups in total. The molecular formula is C22H21ClF3N7. The number of alkyl halides is 2. The third-order valence-corrected chi connectivity index (χ3v) is 7.03. The maximum absolute atomic E-state index is 14.1. The molecule has 1 aliphatic carbocycles. The predicted molar refractivity (Wildman–Crippen MR) is 115 cm³/mol. The minimum absolute atomic E-state index is 0.102. The number of anilines is 1. The second kappa shape index (κ2) is 7.66. The highest BCUT2D eigenvalue weighted by Gasteiger charge is 2.60. The number of hydrogen-bond donors (Lipinski definition) is 0. The maximum Gasteiger partial charge on any atom is 0.265 e. The Bertz CT molecular complexity index is 1210. The van der Waals surface area contributed by atoms with Crippen LogP contribution in [0.1, 0.15) is 42.4 Å². The summed E-state index contributed by atoms with van der Waals surface area (Å²) in [4.78, 5) is 11.5. The summed E-state index contributed by atoms with van der Waals surface area (Å²) in [6.45, 7) is 1.91. The van der Waals surface area contributed by atoms with E-state index < -0.39 is 17.8 Å². The van der Waals surface area contributed by atoms with Crippen molar-refractivity contribution in [2.75, 3.05) is 18.0 Å². The molecule has 3 aliphatic rings. The first-order valence-corrected chi connectivity index (χ1v) is 11.3. The Morgan fingerprint density at radius 3 is 2.61 bits per heavy atom. The van der Waals surface area contributed by atoms with Crippen molar-refractivity contribution in [2.45, 2.75) is 50.2 Å². The van der Waals surface area contributed by atoms with Gasteiger partial charge in [0.1, 0.15) is 12.2 Å². The molecule has 4 heterocycles. The molecule has 0 amide bonds. The van der Waals surface area contributed by atoms with E-state index in [9.17, 15) is 13.2 Å². The van der Waals surface area contributed by atoms with Crippen molar-refractivity contribution >= 4 is 17.4 Å². The van der Waals surface area contributed by atoms with Gasteiger partial charge >= 0.3 is 0 Å². The SMILES string of the molecule is Fc1cncnc1N1CCC(c2nnc3n2-c2ccc(Cl)cc2CN(C2CC2(F)F)C3)CC1. The molecule has 0 radical (unpaired) electrons. The summed E-state index contributed by atoms with van der Waals surface area (Å²) in [5, 5.41) is 9.47. The van der Waals surface area contributed by atoms with Crippen molar-refractivity contribution in [1.82, 2.24) is 29.6 Å². The van der Waals surface area contributed by atoms with Crippen molar-refractivity contribution < 1.29 is 13.2 Å². The van der Waals surface area contributed by atoms with Gasteiger partial charge in [0.15, 0.2) is 17.5 Å². The van der Waals surface area contributed by atoms with Crippen LogP contribution in [-0.2, 0) is 13.1 Å². The molecule has 7 nitrogen and oxygen atoms in total. The molecule has 3 aromatic rings. The van der Waals surface area contributed by atoms with Gasteiger partial charge in [0.25, 0.3) is 5.92 Å². The Morgan fingerprint density at radius 1 is 1.09 bits per heavy atom. The first-order valence-electron chi connectivity index (χ1n) is 11.0. The van der Waals surface area contributed by atoms with Crippen LogP contribution >= 0.6 is 11.6 Å². The Labute approximate surface area is 193 Å². The average molecular weight is 476 g/mol. The summed E-state index contributed by atoms with van der Waals surface area (Å²) in [6, 6.07) is 4.76. The third kappa shape index (κ3) is 3.65. The molecule has 33 heavy (non-hydrogen) atoms. The van der Waals surface area contributed by atoms with Crippen LogP contribution < -0.4 is 4.90 Å². The molecule has 1 aromatic carbocycles. The normalized spacial score (nSPS) is 22.5. The summed E-state index contributed by atoms with van der Waals surface area (Å²) in [6.07, 6.45) is 3.87. The van der Waals surface area contributed by atoms with Crippen LogP contribution in [0.4, 0.5) is 19.0 Å². The van der Waals surface area contributed by atoms with Gasteiger partial charge in [-0.15, -0.1) is 10.2 Å². The summed E-state index contributed by atoms with van der Waals surface area (Å²) in [7, 11) is 0. The first-order chi connectivity index (χ1) is 15.9. The van der Waals surface area contributed by atoms with Crippen LogP contribution in [0.15, 0.2) is 30.7 Å². The third-order valence-electron chi connectivity index (χ3n) is 6.80. The summed E-state index contributed by atoms with van der Waals surface area (Å²) in [5.41, 5.74) is 1.76. The molecule has 2 aromatic heterocycles. The van der Waals surface area contributed by atoms with Crippen molar-refractivity contribution in [3.05, 3.63) is 58.8 Å². The van der Waals surface area contributed by atoms with Gasteiger partial charge < -0.3 is 4.90 Å². The van der Waals surface area contributed by atoms with Crippen molar-refractivity contribution in [3.8, 4) is 5.69 Å². The standard InChI is InChI=1S/C22H21ClF3N7/c23-15-1-2-17-14(7-15)10-32(18-8-22(18,25)26)11-19-29-30-20(33(17)19)13-3-5-31(6-4-13)21-16(24)9-27-12-28-21/h1-2,7,9,12-13,18H,3-6,8,10-11H2. The van der Waals surface area contributed by atoms with E-state index in [1.54, 1.807) is 11.0 Å². The molecular weight excluding hydrogens is 455 g/mol. The Morgan fingerprint density at radius 2 is 1.88 bits per heavy atom. The van der Waals surface area contributed by atoms with Crippen molar-refractivity contribution in [3.63, 3.8) is 0 Å². The quantitative estimate of drug-likeness (QED) is 0.571. The number of aromatic nitrogens is 5. The Hall–Kier alpha value is -2.72. The molecule has 11 heteroatoms. The van der Waals surface area contributed by atoms with E-state index in [2.05, 4.69) is 20.2 Å². The Kier molecular flexibility index (Phi) is 4.84. The minimum atomic E-state index is -2.67. The fourth-order valence-electron chi connectivity index (χ4n) is 5.02. The van der Waals surface area contributed by atoms with E-state index in [0.717, 1.165) is 29.9 Å². The van der Waals surface area contributed by atoms with Crippen LogP contribution in [0, 0.1) is 5.82 Å². The van der Waals surface area contributed by atoms with Crippen LogP contribution in [0.3, 0.4) is 0 Å². The highest BCUT2D eigenvalue weighted by Crippen LogP contribution is 2.47. The van der Waals surface area contributed by atoms with Gasteiger partial charge in [-0.05, 0) is 36.6 Å². The molecule has 1 atom stereocenters. The summed E-state index contributed by atoms with van der Waals surface area (Å²) < 4.78 is 43.9. The van der Waals surface area contributed by atoms with Gasteiger partial charge in [-0.3, -0.25) is 9.47 Å². The van der Waals surface area contributed by atoms with Crippen molar-refractivity contribution in [2.24, 2.45) is 0 Å². The fraction of sp³-hybridized carbons (Fsp3) is 0.455. The molecule has 2 aliphatic heterocycles. The molecule has 1 saturated carbocycles. The lowest BCUT2D eigenvalue weighted by Crippen LogP contribution is -2.35. The predicted octanol–water partition coefficient (Wildman–Crippen LogP) is 3.96. The first kappa shape index (κ1) is 20.9. The van der Waals surface area contributed by atoms with Crippen molar-refractivity contribution in [1.29, 1.82) is 0 Å². The monoisotopic (exact) mass is 475 g/mol. The lowest BCUT2D eigenvalue weighted by atomic mass is 9.95. The second-order valence-electron chi connectivity index (χ2n) is 8.92. The fourth-order valence-corrected chi connectivity index (χ4v) is 5.21. The molecule has 6 rings (SSSR count). The van der Waals surface area contributed by atoms with Crippen LogP contribution in [0.2, 0.25) is 5.02 Å². The second-order valence-corrected chi connectivity index (χ2v) is 9.36. The zero-order valence-corrected chi connectivity index (χ0v) is 18.4. The number of hydrogen-bond acceptors (Lipinski definition) is 6. The van der Waals surface area contributed by atoms with Gasteiger partial charge in [-0.2, -0.15) is 0 Å². The van der Waals surface area contributed by atoms with E-state index in [0.29, 0.717) is 42.8 Å². The van der Waals surface area contributed by atoms with Gasteiger partial charge in [-0.1, -0.05) is 11.6 Å². The molecule has 1 saturated heterocycles. The lowest BCUT2D eigenvalue weighted by Gasteiger charge is -2.32. The van der Waals surface area contributed by atoms with Gasteiger partial charge in [0, 0.05) is 37.0 Å². The average Bonchev–Trinajstić information content (AvgIpc) is 3.30. The van der Waals surface area contributed by atoms with Gasteiger partial charge in [0.2, 0.25) is 0 Å². The topological polar surface area (TPSA) is 63.0 Å². The number of nitrogens with zero attached hydrogens (tertiary/aromatic N) is 7. The van der Waals surface area contributed by atoms with E-state index in [-0.39, 0.29) is 12.3 Å². The summed E-state index contributed by atoms with van der Waals surface area (Å²) in [5.74, 6) is -1.23. The van der Waals surface area contributed by atoms with Crippen LogP contribution in [0.25, 0.3) is 5.69 Å². The Balaban J connectivity index is 1.31. The van der Waals surface area contributed by atoms with Gasteiger partial charge in [0.05, 0.1) is 24.5 Å². The zero-order chi connectivity index (χ0) is 22.7. The number of rotatable bonds is 3. The van der Waals surface area contributed by atoms with E-state index in [1.165, 1.54) is 12.5 Å². The largest absolute Gasteiger partial charge is 0.354 e. The smallest absolute Gasteiger partial charge is 0.265 e. The van der Waals surface area contributed by atoms with Crippen LogP contribution in [-0.4, -0.2) is 54.7 Å². The zero-order valence-electron chi connectivity index (χ0n) is 17.6. The van der Waals surface area contributed by atoms with E-state index in [4.69, 9.17) is 11.6 Å². The minimum Gasteiger partial charge on any atom is -0.354 e. The molecule has 2 fully saturated rings. The summed E-state index contributed by atoms with van der Waals surface area (Å²) >= 11 is 6.25. The lowest BCUT2D eigenvalue weighted by molar-refractivity contribution is 0.0663. The van der Waals surface area contributed by atoms with Crippen LogP contribution in [0.5, 0.6) is 0 Å². The van der Waals surface area contributed by atoms with E-state index in [1.807, 2.05) is 21.6 Å². The molecule has 172 valence electrons. The molecule has 0 spiro atoms. The maximum atomic E-state index is 14.1. The number of fused-ring (bicyclic) bond motifs is 3. The molecule has 0 bridgehead atoms. The number of benzene rings is 1. The molecule has 1 unspecified atom stereocenters. The highest BCUT2D eigenvalue weighted by molar-refractivity contribution is 6.30. The van der Waals surface area contributed by atoms with Gasteiger partial charge in [-0.25, -0.2) is 23.1 Å².